The van der Waals surface area contributed by atoms with Gasteiger partial charge in [-0.1, -0.05) is 17.8 Å². The Morgan fingerprint density at radius 3 is 2.94 bits per heavy atom. The summed E-state index contributed by atoms with van der Waals surface area (Å²) < 4.78 is 4.13. The number of aliphatic hydroxyl groups is 2. The van der Waals surface area contributed by atoms with Crippen LogP contribution in [-0.4, -0.2) is 40.1 Å². The summed E-state index contributed by atoms with van der Waals surface area (Å²) in [5.74, 6) is -0.0406. The van der Waals surface area contributed by atoms with Crippen LogP contribution in [0.5, 0.6) is 0 Å². The zero-order chi connectivity index (χ0) is 13.2. The van der Waals surface area contributed by atoms with Crippen LogP contribution in [0.3, 0.4) is 0 Å². The van der Waals surface area contributed by atoms with E-state index in [9.17, 15) is 15.0 Å². The van der Waals surface area contributed by atoms with Gasteiger partial charge in [0.1, 0.15) is 11.9 Å². The summed E-state index contributed by atoms with van der Waals surface area (Å²) in [6.45, 7) is 0.754. The molecule has 0 radical (unpaired) electrons. The van der Waals surface area contributed by atoms with Crippen molar-refractivity contribution in [3.8, 4) is 0 Å². The first-order valence-corrected chi connectivity index (χ1v) is 6.58. The van der Waals surface area contributed by atoms with Gasteiger partial charge >= 0.3 is 5.97 Å². The molecule has 1 aromatic carbocycles. The maximum Gasteiger partial charge on any atom is 0.356 e. The highest BCUT2D eigenvalue weighted by Crippen LogP contribution is 2.29. The van der Waals surface area contributed by atoms with E-state index in [1.807, 2.05) is 0 Å². The number of carbonyl (C=O) groups excluding carboxylic acids is 1. The van der Waals surface area contributed by atoms with E-state index in [2.05, 4.69) is 4.29 Å². The van der Waals surface area contributed by atoms with Gasteiger partial charge in [0.2, 0.25) is 5.12 Å². The topological polar surface area (TPSA) is 70.0 Å². The number of rotatable bonds is 2. The summed E-state index contributed by atoms with van der Waals surface area (Å²) in [6.07, 6.45) is 0. The Balaban J connectivity index is 2.20. The third kappa shape index (κ3) is 3.08. The van der Waals surface area contributed by atoms with Gasteiger partial charge in [-0.15, -0.1) is 0 Å². The lowest BCUT2D eigenvalue weighted by molar-refractivity contribution is -0.0698. The van der Waals surface area contributed by atoms with Crippen LogP contribution in [0.4, 0.5) is 5.69 Å². The molecule has 1 saturated heterocycles. The minimum absolute atomic E-state index is 0.0804. The highest BCUT2D eigenvalue weighted by Gasteiger charge is 2.31. The Kier molecular flexibility index (Phi) is 4.01. The van der Waals surface area contributed by atoms with E-state index in [4.69, 9.17) is 11.9 Å². The Labute approximate surface area is 113 Å². The van der Waals surface area contributed by atoms with E-state index in [1.165, 1.54) is 0 Å². The van der Waals surface area contributed by atoms with Gasteiger partial charge < -0.3 is 19.4 Å². The second kappa shape index (κ2) is 5.36. The maximum atomic E-state index is 11.3. The SMILES string of the molecule is O=C(OCl)c1cccc(N2CCSC(O)(O)C2)c1. The summed E-state index contributed by atoms with van der Waals surface area (Å²) in [6, 6.07) is 6.67. The van der Waals surface area contributed by atoms with Crippen LogP contribution in [0.2, 0.25) is 0 Å². The summed E-state index contributed by atoms with van der Waals surface area (Å²) in [5.41, 5.74) is 1.05. The van der Waals surface area contributed by atoms with Gasteiger partial charge in [0.05, 0.1) is 12.1 Å². The predicted octanol–water partition coefficient (Wildman–Crippen LogP) is 1.19. The molecule has 0 aromatic heterocycles. The molecule has 0 aliphatic carbocycles. The first-order valence-electron chi connectivity index (χ1n) is 5.28. The monoisotopic (exact) mass is 289 g/mol. The first kappa shape index (κ1) is 13.5. The number of benzene rings is 1. The normalized spacial score (nSPS) is 18.5. The summed E-state index contributed by atoms with van der Waals surface area (Å²) >= 11 is 6.11. The van der Waals surface area contributed by atoms with E-state index in [-0.39, 0.29) is 6.54 Å². The molecule has 98 valence electrons. The Morgan fingerprint density at radius 2 is 2.28 bits per heavy atom. The molecule has 0 unspecified atom stereocenters. The number of anilines is 1. The van der Waals surface area contributed by atoms with Gasteiger partial charge in [-0.3, -0.25) is 0 Å². The zero-order valence-electron chi connectivity index (χ0n) is 9.38. The van der Waals surface area contributed by atoms with Crippen LogP contribution in [0, 0.1) is 0 Å². The number of thioether (sulfide) groups is 1. The number of carbonyl (C=O) groups is 1. The van der Waals surface area contributed by atoms with Crippen molar-refractivity contribution >= 4 is 35.3 Å². The van der Waals surface area contributed by atoms with E-state index >= 15 is 0 Å². The van der Waals surface area contributed by atoms with Crippen molar-refractivity contribution in [3.63, 3.8) is 0 Å². The minimum Gasteiger partial charge on any atom is -0.364 e. The largest absolute Gasteiger partial charge is 0.364 e. The van der Waals surface area contributed by atoms with Crippen molar-refractivity contribution in [2.24, 2.45) is 0 Å². The molecule has 0 amide bonds. The van der Waals surface area contributed by atoms with Gasteiger partial charge in [0.15, 0.2) is 0 Å². The van der Waals surface area contributed by atoms with Gasteiger partial charge in [-0.05, 0) is 18.2 Å². The van der Waals surface area contributed by atoms with E-state index < -0.39 is 11.1 Å². The molecule has 0 spiro atoms. The number of β-amino-alcohol motifs (C(OH)–C–C–N with tert-alkyl or cyclic N) is 2. The second-order valence-electron chi connectivity index (χ2n) is 3.93. The molecule has 2 rings (SSSR count). The summed E-state index contributed by atoms with van der Waals surface area (Å²) in [4.78, 5) is 13.1. The smallest absolute Gasteiger partial charge is 0.356 e. The van der Waals surface area contributed by atoms with Gasteiger partial charge in [-0.2, -0.15) is 0 Å². The quantitative estimate of drug-likeness (QED) is 0.797. The molecule has 7 heteroatoms. The van der Waals surface area contributed by atoms with Crippen molar-refractivity contribution in [2.75, 3.05) is 23.7 Å². The number of nitrogens with zero attached hydrogens (tertiary/aromatic N) is 1. The fourth-order valence-electron chi connectivity index (χ4n) is 1.79. The van der Waals surface area contributed by atoms with Gasteiger partial charge in [0.25, 0.3) is 0 Å². The van der Waals surface area contributed by atoms with Crippen LogP contribution in [0.25, 0.3) is 0 Å². The first-order chi connectivity index (χ1) is 8.52. The van der Waals surface area contributed by atoms with Crippen LogP contribution in [0.1, 0.15) is 10.4 Å². The third-order valence-corrected chi connectivity index (χ3v) is 3.73. The molecule has 1 aromatic rings. The van der Waals surface area contributed by atoms with Crippen molar-refractivity contribution in [1.82, 2.24) is 0 Å². The fourth-order valence-corrected chi connectivity index (χ4v) is 2.76. The molecule has 5 nitrogen and oxygen atoms in total. The highest BCUT2D eigenvalue weighted by molar-refractivity contribution is 8.00. The average Bonchev–Trinajstić information content (AvgIpc) is 2.37. The second-order valence-corrected chi connectivity index (χ2v) is 5.43. The predicted molar refractivity (Wildman–Crippen MR) is 69.6 cm³/mol. The molecule has 0 atom stereocenters. The number of halogens is 1. The van der Waals surface area contributed by atoms with Gasteiger partial charge in [-0.25, -0.2) is 4.79 Å². The molecule has 1 aliphatic heterocycles. The Hall–Kier alpha value is -0.950. The van der Waals surface area contributed by atoms with E-state index in [0.717, 1.165) is 17.4 Å². The van der Waals surface area contributed by atoms with Crippen molar-refractivity contribution < 1.29 is 19.3 Å². The molecule has 1 fully saturated rings. The molecule has 0 bridgehead atoms. The molecule has 1 heterocycles. The molecular formula is C11H12ClNO4S. The van der Waals surface area contributed by atoms with Crippen molar-refractivity contribution in [1.29, 1.82) is 0 Å². The third-order valence-electron chi connectivity index (χ3n) is 2.61. The van der Waals surface area contributed by atoms with Crippen LogP contribution < -0.4 is 4.90 Å². The van der Waals surface area contributed by atoms with E-state index in [0.29, 0.717) is 17.9 Å². The number of hydrogen-bond donors (Lipinski definition) is 2. The zero-order valence-corrected chi connectivity index (χ0v) is 10.9. The molecular weight excluding hydrogens is 278 g/mol. The Bertz CT molecular complexity index is 454. The van der Waals surface area contributed by atoms with Crippen molar-refractivity contribution in [2.45, 2.75) is 5.12 Å². The maximum absolute atomic E-state index is 11.3. The van der Waals surface area contributed by atoms with E-state index in [1.54, 1.807) is 29.2 Å². The number of hydrogen-bond acceptors (Lipinski definition) is 6. The molecule has 18 heavy (non-hydrogen) atoms. The van der Waals surface area contributed by atoms with Crippen LogP contribution in [-0.2, 0) is 4.29 Å². The fraction of sp³-hybridized carbons (Fsp3) is 0.364. The van der Waals surface area contributed by atoms with Crippen LogP contribution in [0.15, 0.2) is 24.3 Å². The lowest BCUT2D eigenvalue weighted by Crippen LogP contribution is -2.46. The lowest BCUT2D eigenvalue weighted by Gasteiger charge is -2.36. The summed E-state index contributed by atoms with van der Waals surface area (Å²) in [5, 5.41) is 17.4. The molecule has 0 saturated carbocycles. The average molecular weight is 290 g/mol. The lowest BCUT2D eigenvalue weighted by atomic mass is 10.2. The van der Waals surface area contributed by atoms with Crippen LogP contribution >= 0.6 is 23.6 Å². The van der Waals surface area contributed by atoms with Crippen molar-refractivity contribution in [3.05, 3.63) is 29.8 Å². The minimum atomic E-state index is -1.76. The van der Waals surface area contributed by atoms with Gasteiger partial charge in [0, 0.05) is 18.0 Å². The summed E-state index contributed by atoms with van der Waals surface area (Å²) in [7, 11) is 0. The molecule has 2 N–H and O–H groups in total. The highest BCUT2D eigenvalue weighted by atomic mass is 35.5. The standard InChI is InChI=1S/C11H12ClNO4S/c12-17-10(14)8-2-1-3-9(6-8)13-4-5-18-11(15,16)7-13/h1-3,6,15-16H,4-5,7H2. The Morgan fingerprint density at radius 1 is 1.50 bits per heavy atom. The molecule has 1 aliphatic rings.